The molecule has 0 aromatic rings. The van der Waals surface area contributed by atoms with Gasteiger partial charge in [0.05, 0.1) is 6.54 Å². The van der Waals surface area contributed by atoms with Gasteiger partial charge in [-0.2, -0.15) is 8.78 Å². The number of hydrogen-bond donors (Lipinski definition) is 1. The fourth-order valence-electron chi connectivity index (χ4n) is 1.35. The maximum atomic E-state index is 13.1. The maximum Gasteiger partial charge on any atom is 0.317 e. The molecule has 1 rings (SSSR count). The molecule has 0 spiro atoms. The van der Waals surface area contributed by atoms with E-state index in [1.165, 1.54) is 4.90 Å². The number of hydrogen-bond acceptors (Lipinski definition) is 2. The molecule has 0 aromatic heterocycles. The molecular weight excluding hydrogens is 162 g/mol. The van der Waals surface area contributed by atoms with Crippen molar-refractivity contribution < 1.29 is 8.78 Å². The second-order valence-corrected chi connectivity index (χ2v) is 3.18. The van der Waals surface area contributed by atoms with Crippen LogP contribution < -0.4 is 5.32 Å². The standard InChI is InChI=1S/C8H16F2N2/c1-2-3-5-12-6-4-11-7-8(12,9)10/h11H,2-7H2,1H3. The van der Waals surface area contributed by atoms with Crippen LogP contribution in [0.15, 0.2) is 0 Å². The minimum Gasteiger partial charge on any atom is -0.309 e. The average Bonchev–Trinajstić information content (AvgIpc) is 2.02. The molecule has 1 aliphatic heterocycles. The third-order valence-corrected chi connectivity index (χ3v) is 2.14. The van der Waals surface area contributed by atoms with Crippen LogP contribution in [0.2, 0.25) is 0 Å². The van der Waals surface area contributed by atoms with Crippen LogP contribution in [0, 0.1) is 0 Å². The number of halogens is 2. The van der Waals surface area contributed by atoms with Crippen LogP contribution >= 0.6 is 0 Å². The van der Waals surface area contributed by atoms with Crippen LogP contribution in [-0.2, 0) is 0 Å². The minimum absolute atomic E-state index is 0.198. The molecule has 1 N–H and O–H groups in total. The average molecular weight is 178 g/mol. The van der Waals surface area contributed by atoms with Gasteiger partial charge in [0.15, 0.2) is 0 Å². The fraction of sp³-hybridized carbons (Fsp3) is 1.00. The summed E-state index contributed by atoms with van der Waals surface area (Å²) in [4.78, 5) is 1.27. The number of unbranched alkanes of at least 4 members (excludes halogenated alkanes) is 1. The normalized spacial score (nSPS) is 24.2. The van der Waals surface area contributed by atoms with Gasteiger partial charge >= 0.3 is 6.05 Å². The van der Waals surface area contributed by atoms with Crippen LogP contribution in [0.1, 0.15) is 19.8 Å². The Morgan fingerprint density at radius 2 is 2.25 bits per heavy atom. The molecule has 72 valence electrons. The lowest BCUT2D eigenvalue weighted by atomic mass is 10.2. The Morgan fingerprint density at radius 1 is 1.50 bits per heavy atom. The predicted octanol–water partition coefficient (Wildman–Crippen LogP) is 1.28. The van der Waals surface area contributed by atoms with Crippen molar-refractivity contribution in [2.24, 2.45) is 0 Å². The molecule has 0 aliphatic carbocycles. The molecular formula is C8H16F2N2. The molecule has 0 aromatic carbocycles. The highest BCUT2D eigenvalue weighted by Crippen LogP contribution is 2.21. The topological polar surface area (TPSA) is 15.3 Å². The van der Waals surface area contributed by atoms with Crippen LogP contribution in [0.4, 0.5) is 8.78 Å². The molecule has 0 bridgehead atoms. The molecule has 1 fully saturated rings. The lowest BCUT2D eigenvalue weighted by molar-refractivity contribution is -0.156. The highest BCUT2D eigenvalue weighted by Gasteiger charge is 2.38. The van der Waals surface area contributed by atoms with Gasteiger partial charge in [-0.25, -0.2) is 4.90 Å². The summed E-state index contributed by atoms with van der Waals surface area (Å²) in [5.41, 5.74) is 0. The second kappa shape index (κ2) is 4.14. The van der Waals surface area contributed by atoms with E-state index in [0.717, 1.165) is 12.8 Å². The number of alkyl halides is 2. The molecule has 4 heteroatoms. The zero-order valence-electron chi connectivity index (χ0n) is 7.45. The highest BCUT2D eigenvalue weighted by atomic mass is 19.3. The quantitative estimate of drug-likeness (QED) is 0.655. The summed E-state index contributed by atoms with van der Waals surface area (Å²) in [6.45, 7) is 3.48. The Kier molecular flexibility index (Phi) is 3.40. The third kappa shape index (κ3) is 2.38. The molecule has 0 unspecified atom stereocenters. The molecule has 1 saturated heterocycles. The summed E-state index contributed by atoms with van der Waals surface area (Å²) in [6, 6.07) is -2.63. The summed E-state index contributed by atoms with van der Waals surface area (Å²) in [5, 5.41) is 2.69. The van der Waals surface area contributed by atoms with E-state index < -0.39 is 6.05 Å². The van der Waals surface area contributed by atoms with E-state index in [1.807, 2.05) is 6.92 Å². The Hall–Kier alpha value is -0.220. The van der Waals surface area contributed by atoms with Gasteiger partial charge in [0.25, 0.3) is 0 Å². The summed E-state index contributed by atoms with van der Waals surface area (Å²) >= 11 is 0. The Morgan fingerprint density at radius 3 is 2.83 bits per heavy atom. The van der Waals surface area contributed by atoms with E-state index >= 15 is 0 Å². The molecule has 12 heavy (non-hydrogen) atoms. The van der Waals surface area contributed by atoms with Crippen molar-refractivity contribution in [1.29, 1.82) is 0 Å². The van der Waals surface area contributed by atoms with Gasteiger partial charge in [-0.05, 0) is 6.42 Å². The first-order valence-electron chi connectivity index (χ1n) is 4.50. The lowest BCUT2D eigenvalue weighted by Gasteiger charge is -2.35. The number of nitrogens with one attached hydrogen (secondary N) is 1. The maximum absolute atomic E-state index is 13.1. The fourth-order valence-corrected chi connectivity index (χ4v) is 1.35. The first kappa shape index (κ1) is 9.86. The van der Waals surface area contributed by atoms with Crippen LogP contribution in [0.25, 0.3) is 0 Å². The van der Waals surface area contributed by atoms with Crippen molar-refractivity contribution >= 4 is 0 Å². The van der Waals surface area contributed by atoms with Crippen LogP contribution in [0.5, 0.6) is 0 Å². The van der Waals surface area contributed by atoms with E-state index in [9.17, 15) is 8.78 Å². The van der Waals surface area contributed by atoms with E-state index in [2.05, 4.69) is 5.32 Å². The van der Waals surface area contributed by atoms with Gasteiger partial charge in [-0.3, -0.25) is 0 Å². The Labute approximate surface area is 71.9 Å². The predicted molar refractivity (Wildman–Crippen MR) is 44.3 cm³/mol. The van der Waals surface area contributed by atoms with Crippen molar-refractivity contribution in [3.05, 3.63) is 0 Å². The summed E-state index contributed by atoms with van der Waals surface area (Å²) in [6.07, 6.45) is 1.83. The van der Waals surface area contributed by atoms with Gasteiger partial charge in [0, 0.05) is 19.6 Å². The minimum atomic E-state index is -2.63. The number of nitrogens with zero attached hydrogens (tertiary/aromatic N) is 1. The van der Waals surface area contributed by atoms with Crippen molar-refractivity contribution in [2.75, 3.05) is 26.2 Å². The molecule has 0 amide bonds. The van der Waals surface area contributed by atoms with E-state index in [0.29, 0.717) is 19.6 Å². The zero-order valence-corrected chi connectivity index (χ0v) is 7.45. The first-order valence-corrected chi connectivity index (χ1v) is 4.50. The summed E-state index contributed by atoms with van der Waals surface area (Å²) in [5.74, 6) is 0. The second-order valence-electron chi connectivity index (χ2n) is 3.18. The Balaban J connectivity index is 2.37. The van der Waals surface area contributed by atoms with Gasteiger partial charge in [0.1, 0.15) is 0 Å². The monoisotopic (exact) mass is 178 g/mol. The Bertz CT molecular complexity index is 139. The van der Waals surface area contributed by atoms with Crippen LogP contribution in [0.3, 0.4) is 0 Å². The van der Waals surface area contributed by atoms with Crippen molar-refractivity contribution in [3.8, 4) is 0 Å². The first-order chi connectivity index (χ1) is 5.67. The largest absolute Gasteiger partial charge is 0.317 e. The zero-order chi connectivity index (χ0) is 9.03. The molecule has 0 atom stereocenters. The molecule has 0 radical (unpaired) electrons. The number of rotatable bonds is 3. The molecule has 0 saturated carbocycles. The van der Waals surface area contributed by atoms with E-state index in [1.54, 1.807) is 0 Å². The lowest BCUT2D eigenvalue weighted by Crippen LogP contribution is -2.56. The molecule has 2 nitrogen and oxygen atoms in total. The van der Waals surface area contributed by atoms with E-state index in [4.69, 9.17) is 0 Å². The highest BCUT2D eigenvalue weighted by molar-refractivity contribution is 4.77. The van der Waals surface area contributed by atoms with Crippen molar-refractivity contribution in [3.63, 3.8) is 0 Å². The summed E-state index contributed by atoms with van der Waals surface area (Å²) < 4.78 is 26.1. The summed E-state index contributed by atoms with van der Waals surface area (Å²) in [7, 11) is 0. The van der Waals surface area contributed by atoms with Crippen LogP contribution in [-0.4, -0.2) is 37.1 Å². The number of piperazine rings is 1. The van der Waals surface area contributed by atoms with Gasteiger partial charge < -0.3 is 5.32 Å². The third-order valence-electron chi connectivity index (χ3n) is 2.14. The van der Waals surface area contributed by atoms with E-state index in [-0.39, 0.29) is 6.54 Å². The molecule has 1 aliphatic rings. The van der Waals surface area contributed by atoms with Gasteiger partial charge in [-0.1, -0.05) is 13.3 Å². The van der Waals surface area contributed by atoms with Gasteiger partial charge in [-0.15, -0.1) is 0 Å². The van der Waals surface area contributed by atoms with Crippen molar-refractivity contribution in [1.82, 2.24) is 10.2 Å². The van der Waals surface area contributed by atoms with Gasteiger partial charge in [0.2, 0.25) is 0 Å². The smallest absolute Gasteiger partial charge is 0.309 e. The molecule has 1 heterocycles. The van der Waals surface area contributed by atoms with Crippen molar-refractivity contribution in [2.45, 2.75) is 25.8 Å². The SMILES string of the molecule is CCCCN1CCNCC1(F)F.